The molecule has 3 aliphatic rings. The first-order valence-corrected chi connectivity index (χ1v) is 14.6. The van der Waals surface area contributed by atoms with Crippen molar-refractivity contribution in [1.82, 2.24) is 14.7 Å². The Morgan fingerprint density at radius 1 is 1.05 bits per heavy atom. The van der Waals surface area contributed by atoms with E-state index in [2.05, 4.69) is 26.9 Å². The van der Waals surface area contributed by atoms with Crippen LogP contribution in [0.25, 0.3) is 10.4 Å². The Kier molecular flexibility index (Phi) is 8.02. The van der Waals surface area contributed by atoms with Crippen molar-refractivity contribution in [1.29, 1.82) is 0 Å². The van der Waals surface area contributed by atoms with Gasteiger partial charge in [0.15, 0.2) is 0 Å². The molecule has 206 valence electrons. The number of nitrogens with zero attached hydrogens (tertiary/aromatic N) is 5. The number of anilines is 2. The maximum absolute atomic E-state index is 13.0. The van der Waals surface area contributed by atoms with Crippen molar-refractivity contribution in [3.05, 3.63) is 47.5 Å². The van der Waals surface area contributed by atoms with Gasteiger partial charge in [-0.1, -0.05) is 12.1 Å². The summed E-state index contributed by atoms with van der Waals surface area (Å²) in [7, 11) is 0. The summed E-state index contributed by atoms with van der Waals surface area (Å²) in [6.07, 6.45) is 7.59. The fourth-order valence-corrected chi connectivity index (χ4v) is 6.61. The van der Waals surface area contributed by atoms with Crippen molar-refractivity contribution in [2.75, 3.05) is 43.8 Å². The van der Waals surface area contributed by atoms with Gasteiger partial charge < -0.3 is 25.8 Å². The molecular weight excluding hydrogens is 510 g/mol. The van der Waals surface area contributed by atoms with E-state index in [4.69, 9.17) is 5.73 Å². The van der Waals surface area contributed by atoms with Gasteiger partial charge in [0, 0.05) is 54.9 Å². The maximum atomic E-state index is 13.0. The topological polar surface area (TPSA) is 107 Å². The van der Waals surface area contributed by atoms with Crippen molar-refractivity contribution in [3.8, 4) is 10.4 Å². The first kappa shape index (κ1) is 26.9. The van der Waals surface area contributed by atoms with Crippen molar-refractivity contribution in [2.45, 2.75) is 51.0 Å². The molecule has 3 fully saturated rings. The Labute approximate surface area is 234 Å². The van der Waals surface area contributed by atoms with Crippen molar-refractivity contribution in [3.63, 3.8) is 0 Å². The average molecular weight is 548 g/mol. The lowest BCUT2D eigenvalue weighted by atomic mass is 9.85. The normalized spacial score (nSPS) is 19.6. The van der Waals surface area contributed by atoms with Gasteiger partial charge in [0.05, 0.1) is 11.4 Å². The van der Waals surface area contributed by atoms with Crippen LogP contribution in [-0.2, 0) is 4.79 Å². The highest BCUT2D eigenvalue weighted by Gasteiger charge is 2.45. The quantitative estimate of drug-likeness (QED) is 0.242. The van der Waals surface area contributed by atoms with E-state index in [0.29, 0.717) is 22.9 Å². The first-order chi connectivity index (χ1) is 18.9. The van der Waals surface area contributed by atoms with Gasteiger partial charge in [0.2, 0.25) is 5.96 Å². The van der Waals surface area contributed by atoms with E-state index in [0.717, 1.165) is 81.7 Å². The highest BCUT2D eigenvalue weighted by molar-refractivity contribution is 7.13. The van der Waals surface area contributed by atoms with Gasteiger partial charge in [-0.15, -0.1) is 11.3 Å². The summed E-state index contributed by atoms with van der Waals surface area (Å²) < 4.78 is 0. The molecule has 39 heavy (non-hydrogen) atoms. The van der Waals surface area contributed by atoms with Gasteiger partial charge >= 0.3 is 6.03 Å². The maximum Gasteiger partial charge on any atom is 0.320 e. The summed E-state index contributed by atoms with van der Waals surface area (Å²) in [6.45, 7) is 9.55. The second-order valence-corrected chi connectivity index (χ2v) is 11.5. The number of carbonyl (C=O) groups excluding carboxylic acids is 2. The number of piperidine rings is 1. The lowest BCUT2D eigenvalue weighted by Gasteiger charge is -2.45. The third-order valence-corrected chi connectivity index (χ3v) is 9.08. The summed E-state index contributed by atoms with van der Waals surface area (Å²) in [5.74, 6) is 0.250. The number of aliphatic imine (C=N–C) groups is 2. The Balaban J connectivity index is 1.25. The molecule has 0 unspecified atom stereocenters. The number of nitrogen functional groups attached to an aromatic ring is 1. The zero-order valence-corrected chi connectivity index (χ0v) is 23.4. The summed E-state index contributed by atoms with van der Waals surface area (Å²) in [4.78, 5) is 42.0. The molecule has 2 aromatic rings. The number of rotatable bonds is 4. The molecule has 3 saturated heterocycles. The number of amides is 3. The number of nitrogens with two attached hydrogens (primary N) is 1. The zero-order valence-electron chi connectivity index (χ0n) is 22.6. The molecular formula is C29H37N7O2S. The van der Waals surface area contributed by atoms with Crippen LogP contribution >= 0.6 is 11.3 Å². The number of nitrogens with one attached hydrogen (secondary N) is 1. The molecule has 3 amide bonds. The second-order valence-electron chi connectivity index (χ2n) is 10.6. The predicted molar refractivity (Wildman–Crippen MR) is 159 cm³/mol. The third kappa shape index (κ3) is 5.71. The van der Waals surface area contributed by atoms with Gasteiger partial charge in [0.25, 0.3) is 5.91 Å². The second kappa shape index (κ2) is 11.6. The van der Waals surface area contributed by atoms with Crippen LogP contribution in [0.3, 0.4) is 0 Å². The molecule has 0 aliphatic carbocycles. The Morgan fingerprint density at radius 2 is 1.79 bits per heavy atom. The number of urea groups is 1. The molecule has 1 spiro atoms. The van der Waals surface area contributed by atoms with E-state index in [1.807, 2.05) is 39.4 Å². The van der Waals surface area contributed by atoms with E-state index in [1.165, 1.54) is 0 Å². The molecule has 5 rings (SSSR count). The standard InChI is InChI=1S/C29H37N7O2S/c1-21(26(37)33-24-19-22(8-9-23(24)30)25-7-5-18-39-25)20-32-27(31-2)36-15-6-10-29(36)11-16-35(17-12-29)28(38)34-13-3-4-14-34/h5,7-9,18-20H,2-4,6,10-17,30H2,1H3,(H,33,37)/b21-20+,32-27?. The minimum absolute atomic E-state index is 0.0809. The van der Waals surface area contributed by atoms with E-state index in [1.54, 1.807) is 30.5 Å². The number of carbonyl (C=O) groups is 2. The number of hydrogen-bond acceptors (Lipinski definition) is 5. The summed E-state index contributed by atoms with van der Waals surface area (Å²) in [6, 6.07) is 9.84. The van der Waals surface area contributed by atoms with Crippen LogP contribution in [0.4, 0.5) is 16.2 Å². The van der Waals surface area contributed by atoms with E-state index < -0.39 is 0 Å². The van der Waals surface area contributed by atoms with Crippen LogP contribution in [0.5, 0.6) is 0 Å². The fourth-order valence-electron chi connectivity index (χ4n) is 5.88. The van der Waals surface area contributed by atoms with E-state index in [-0.39, 0.29) is 17.5 Å². The third-order valence-electron chi connectivity index (χ3n) is 8.16. The molecule has 9 nitrogen and oxygen atoms in total. The van der Waals surface area contributed by atoms with Crippen LogP contribution in [0.2, 0.25) is 0 Å². The number of guanidine groups is 1. The molecule has 0 radical (unpaired) electrons. The number of thiophene rings is 1. The van der Waals surface area contributed by atoms with Gasteiger partial charge in [0.1, 0.15) is 0 Å². The number of likely N-dealkylation sites (tertiary alicyclic amines) is 3. The van der Waals surface area contributed by atoms with Crippen LogP contribution in [0, 0.1) is 0 Å². The monoisotopic (exact) mass is 547 g/mol. The smallest absolute Gasteiger partial charge is 0.320 e. The summed E-state index contributed by atoms with van der Waals surface area (Å²) in [5, 5.41) is 4.94. The number of benzene rings is 1. The van der Waals surface area contributed by atoms with Crippen LogP contribution in [0.1, 0.15) is 45.4 Å². The van der Waals surface area contributed by atoms with Gasteiger partial charge in [-0.25, -0.2) is 14.8 Å². The fraction of sp³-hybridized carbons (Fsp3) is 0.448. The Hall–Kier alpha value is -3.66. The van der Waals surface area contributed by atoms with Gasteiger partial charge in [-0.2, -0.15) is 0 Å². The number of hydrogen-bond donors (Lipinski definition) is 2. The predicted octanol–water partition coefficient (Wildman–Crippen LogP) is 5.04. The lowest BCUT2D eigenvalue weighted by Crippen LogP contribution is -2.56. The SMILES string of the molecule is C=NC(=N/C=C(\C)C(=O)Nc1cc(-c2cccs2)ccc1N)N1CCCC12CCN(C(=O)N1CCCC1)CC2. The molecule has 0 saturated carbocycles. The van der Waals surface area contributed by atoms with Gasteiger partial charge in [-0.3, -0.25) is 4.79 Å². The van der Waals surface area contributed by atoms with Crippen molar-refractivity contribution < 1.29 is 9.59 Å². The van der Waals surface area contributed by atoms with Crippen molar-refractivity contribution >= 4 is 47.3 Å². The lowest BCUT2D eigenvalue weighted by molar-refractivity contribution is -0.112. The van der Waals surface area contributed by atoms with Crippen LogP contribution in [-0.4, -0.2) is 77.6 Å². The van der Waals surface area contributed by atoms with Crippen molar-refractivity contribution in [2.24, 2.45) is 9.98 Å². The molecule has 3 N–H and O–H groups in total. The highest BCUT2D eigenvalue weighted by Crippen LogP contribution is 2.39. The van der Waals surface area contributed by atoms with Crippen LogP contribution in [0.15, 0.2) is 57.5 Å². The molecule has 1 aromatic heterocycles. The zero-order chi connectivity index (χ0) is 27.4. The molecule has 4 heterocycles. The van der Waals surface area contributed by atoms with Gasteiger partial charge in [-0.05, 0) is 81.3 Å². The molecule has 1 aromatic carbocycles. The first-order valence-electron chi connectivity index (χ1n) is 13.7. The minimum atomic E-state index is -0.276. The largest absolute Gasteiger partial charge is 0.397 e. The highest BCUT2D eigenvalue weighted by atomic mass is 32.1. The van der Waals surface area contributed by atoms with E-state index >= 15 is 0 Å². The summed E-state index contributed by atoms with van der Waals surface area (Å²) >= 11 is 1.63. The molecule has 10 heteroatoms. The molecule has 0 bridgehead atoms. The molecule has 0 atom stereocenters. The minimum Gasteiger partial charge on any atom is -0.397 e. The summed E-state index contributed by atoms with van der Waals surface area (Å²) in [5.41, 5.74) is 8.58. The van der Waals surface area contributed by atoms with E-state index in [9.17, 15) is 9.59 Å². The Morgan fingerprint density at radius 3 is 2.49 bits per heavy atom. The molecule has 3 aliphatic heterocycles. The Bertz CT molecular complexity index is 1270. The average Bonchev–Trinajstić information content (AvgIpc) is 3.74. The van der Waals surface area contributed by atoms with Crippen LogP contribution < -0.4 is 11.1 Å².